The van der Waals surface area contributed by atoms with Gasteiger partial charge in [-0.25, -0.2) is 4.98 Å². The number of aromatic nitrogens is 1. The molecule has 3 rings (SSSR count). The third-order valence-electron chi connectivity index (χ3n) is 5.01. The van der Waals surface area contributed by atoms with Crippen LogP contribution < -0.4 is 11.1 Å². The quantitative estimate of drug-likeness (QED) is 0.747. The Kier molecular flexibility index (Phi) is 9.84. The Labute approximate surface area is 173 Å². The summed E-state index contributed by atoms with van der Waals surface area (Å²) >= 11 is 0. The van der Waals surface area contributed by atoms with E-state index in [4.69, 9.17) is 10.2 Å². The van der Waals surface area contributed by atoms with Crippen molar-refractivity contribution in [1.29, 1.82) is 0 Å². The summed E-state index contributed by atoms with van der Waals surface area (Å²) in [6, 6.07) is 8.34. The smallest absolute Gasteiger partial charge is 0.220 e. The summed E-state index contributed by atoms with van der Waals surface area (Å²) < 4.78 is 5.78. The van der Waals surface area contributed by atoms with Crippen molar-refractivity contribution in [3.05, 3.63) is 41.9 Å². The van der Waals surface area contributed by atoms with Crippen molar-refractivity contribution < 1.29 is 9.21 Å². The third-order valence-corrected chi connectivity index (χ3v) is 5.01. The number of aryl methyl sites for hydroxylation is 2. The zero-order valence-corrected chi connectivity index (χ0v) is 17.3. The molecule has 1 saturated carbocycles. The van der Waals surface area contributed by atoms with Crippen LogP contribution in [0.15, 0.2) is 34.9 Å². The molecule has 1 amide bonds. The van der Waals surface area contributed by atoms with E-state index in [1.54, 1.807) is 6.20 Å². The summed E-state index contributed by atoms with van der Waals surface area (Å²) in [5, 5.41) is 3.15. The Morgan fingerprint density at radius 2 is 1.93 bits per heavy atom. The van der Waals surface area contributed by atoms with Gasteiger partial charge in [0.2, 0.25) is 5.91 Å². The minimum atomic E-state index is 0. The molecule has 1 aromatic carbocycles. The van der Waals surface area contributed by atoms with Gasteiger partial charge in [0, 0.05) is 24.4 Å². The standard InChI is InChI=1S/C20H27N3O2.2ClH/c1-14-6-8-15(9-7-14)18-13-22-20(25-18)11-10-19(24)23-17-5-3-2-4-16(17)12-21;;/h6-9,13,16-17H,2-5,10-12,21H2,1H3,(H,23,24);2*1H. The fourth-order valence-electron chi connectivity index (χ4n) is 3.46. The minimum Gasteiger partial charge on any atom is -0.441 e. The van der Waals surface area contributed by atoms with Gasteiger partial charge in [-0.1, -0.05) is 42.7 Å². The molecule has 7 heteroatoms. The van der Waals surface area contributed by atoms with Crippen LogP contribution in [0, 0.1) is 12.8 Å². The molecule has 3 N–H and O–H groups in total. The van der Waals surface area contributed by atoms with Gasteiger partial charge in [0.25, 0.3) is 0 Å². The van der Waals surface area contributed by atoms with Crippen LogP contribution in [0.1, 0.15) is 43.6 Å². The normalized spacial score (nSPS) is 18.9. The van der Waals surface area contributed by atoms with Crippen molar-refractivity contribution in [2.45, 2.75) is 51.5 Å². The van der Waals surface area contributed by atoms with Crippen LogP contribution in [0.3, 0.4) is 0 Å². The van der Waals surface area contributed by atoms with E-state index < -0.39 is 0 Å². The fraction of sp³-hybridized carbons (Fsp3) is 0.500. The van der Waals surface area contributed by atoms with Gasteiger partial charge in [-0.05, 0) is 32.2 Å². The lowest BCUT2D eigenvalue weighted by Crippen LogP contribution is -2.44. The van der Waals surface area contributed by atoms with Crippen molar-refractivity contribution in [3.8, 4) is 11.3 Å². The molecule has 0 saturated heterocycles. The number of nitrogens with one attached hydrogen (secondary N) is 1. The number of hydrogen-bond donors (Lipinski definition) is 2. The Hall–Kier alpha value is -1.56. The molecule has 2 aromatic rings. The average Bonchev–Trinajstić information content (AvgIpc) is 3.10. The molecule has 2 unspecified atom stereocenters. The maximum atomic E-state index is 12.2. The number of carbonyl (C=O) groups is 1. The van der Waals surface area contributed by atoms with E-state index in [0.29, 0.717) is 31.2 Å². The Bertz CT molecular complexity index is 704. The molecule has 0 bridgehead atoms. The molecular weight excluding hydrogens is 385 g/mol. The number of amides is 1. The first kappa shape index (κ1) is 23.5. The molecule has 1 aliphatic rings. The van der Waals surface area contributed by atoms with Gasteiger partial charge < -0.3 is 15.5 Å². The van der Waals surface area contributed by atoms with Crippen molar-refractivity contribution in [2.24, 2.45) is 11.7 Å². The second-order valence-electron chi connectivity index (χ2n) is 6.94. The topological polar surface area (TPSA) is 81.2 Å². The molecule has 150 valence electrons. The van der Waals surface area contributed by atoms with Gasteiger partial charge >= 0.3 is 0 Å². The third kappa shape index (κ3) is 6.52. The van der Waals surface area contributed by atoms with Crippen LogP contribution in [-0.2, 0) is 11.2 Å². The first-order chi connectivity index (χ1) is 12.2. The van der Waals surface area contributed by atoms with Crippen LogP contribution in [-0.4, -0.2) is 23.5 Å². The van der Waals surface area contributed by atoms with E-state index in [-0.39, 0.29) is 36.8 Å². The van der Waals surface area contributed by atoms with Crippen molar-refractivity contribution in [1.82, 2.24) is 10.3 Å². The molecule has 1 fully saturated rings. The minimum absolute atomic E-state index is 0. The molecule has 0 spiro atoms. The molecule has 1 aromatic heterocycles. The van der Waals surface area contributed by atoms with E-state index in [2.05, 4.69) is 17.2 Å². The summed E-state index contributed by atoms with van der Waals surface area (Å²) in [4.78, 5) is 16.5. The first-order valence-electron chi connectivity index (χ1n) is 9.17. The van der Waals surface area contributed by atoms with Crippen molar-refractivity contribution in [3.63, 3.8) is 0 Å². The van der Waals surface area contributed by atoms with E-state index >= 15 is 0 Å². The number of halogens is 2. The van der Waals surface area contributed by atoms with Gasteiger partial charge in [0.1, 0.15) is 0 Å². The van der Waals surface area contributed by atoms with Crippen LogP contribution in [0.25, 0.3) is 11.3 Å². The highest BCUT2D eigenvalue weighted by Gasteiger charge is 2.25. The summed E-state index contributed by atoms with van der Waals surface area (Å²) in [6.45, 7) is 2.69. The maximum absolute atomic E-state index is 12.2. The van der Waals surface area contributed by atoms with E-state index in [0.717, 1.165) is 24.2 Å². The predicted molar refractivity (Wildman–Crippen MR) is 112 cm³/mol. The Morgan fingerprint density at radius 3 is 2.63 bits per heavy atom. The van der Waals surface area contributed by atoms with Gasteiger partial charge in [0.15, 0.2) is 11.7 Å². The second kappa shape index (κ2) is 11.3. The highest BCUT2D eigenvalue weighted by Crippen LogP contribution is 2.24. The molecule has 1 heterocycles. The summed E-state index contributed by atoms with van der Waals surface area (Å²) in [6.07, 6.45) is 7.15. The fourth-order valence-corrected chi connectivity index (χ4v) is 3.46. The van der Waals surface area contributed by atoms with Gasteiger partial charge in [-0.3, -0.25) is 4.79 Å². The molecule has 2 atom stereocenters. The number of hydrogen-bond acceptors (Lipinski definition) is 4. The zero-order valence-electron chi connectivity index (χ0n) is 15.6. The highest BCUT2D eigenvalue weighted by atomic mass is 35.5. The van der Waals surface area contributed by atoms with Crippen LogP contribution >= 0.6 is 24.8 Å². The summed E-state index contributed by atoms with van der Waals surface area (Å²) in [5.41, 5.74) is 8.03. The van der Waals surface area contributed by atoms with Crippen LogP contribution in [0.2, 0.25) is 0 Å². The van der Waals surface area contributed by atoms with Crippen LogP contribution in [0.4, 0.5) is 0 Å². The average molecular weight is 414 g/mol. The largest absolute Gasteiger partial charge is 0.441 e. The lowest BCUT2D eigenvalue weighted by molar-refractivity contribution is -0.122. The lowest BCUT2D eigenvalue weighted by atomic mass is 9.84. The Balaban J connectivity index is 0.00000182. The van der Waals surface area contributed by atoms with Gasteiger partial charge in [-0.15, -0.1) is 24.8 Å². The maximum Gasteiger partial charge on any atom is 0.220 e. The van der Waals surface area contributed by atoms with E-state index in [1.165, 1.54) is 18.4 Å². The number of carbonyl (C=O) groups excluding carboxylic acids is 1. The summed E-state index contributed by atoms with van der Waals surface area (Å²) in [7, 11) is 0. The number of nitrogens with two attached hydrogens (primary N) is 1. The second-order valence-corrected chi connectivity index (χ2v) is 6.94. The SMILES string of the molecule is Cc1ccc(-c2cnc(CCC(=O)NC3CCCCC3CN)o2)cc1.Cl.Cl. The van der Waals surface area contributed by atoms with Gasteiger partial charge in [-0.2, -0.15) is 0 Å². The molecule has 1 aliphatic carbocycles. The number of oxazole rings is 1. The summed E-state index contributed by atoms with van der Waals surface area (Å²) in [5.74, 6) is 1.81. The van der Waals surface area contributed by atoms with Crippen molar-refractivity contribution >= 4 is 30.7 Å². The van der Waals surface area contributed by atoms with Crippen LogP contribution in [0.5, 0.6) is 0 Å². The van der Waals surface area contributed by atoms with E-state index in [9.17, 15) is 4.79 Å². The lowest BCUT2D eigenvalue weighted by Gasteiger charge is -2.31. The van der Waals surface area contributed by atoms with E-state index in [1.807, 2.05) is 24.3 Å². The number of benzene rings is 1. The van der Waals surface area contributed by atoms with Gasteiger partial charge in [0.05, 0.1) is 6.20 Å². The number of rotatable bonds is 6. The molecular formula is C20H29Cl2N3O2. The van der Waals surface area contributed by atoms with Crippen molar-refractivity contribution in [2.75, 3.05) is 6.54 Å². The highest BCUT2D eigenvalue weighted by molar-refractivity contribution is 5.85. The molecule has 5 nitrogen and oxygen atoms in total. The molecule has 0 radical (unpaired) electrons. The molecule has 0 aliphatic heterocycles. The number of nitrogens with zero attached hydrogens (tertiary/aromatic N) is 1. The predicted octanol–water partition coefficient (Wildman–Crippen LogP) is 4.06. The zero-order chi connectivity index (χ0) is 17.6. The Morgan fingerprint density at radius 1 is 1.22 bits per heavy atom. The monoisotopic (exact) mass is 413 g/mol. The first-order valence-corrected chi connectivity index (χ1v) is 9.17. The molecule has 27 heavy (non-hydrogen) atoms.